The molecule has 1 aromatic carbocycles. The molecule has 0 bridgehead atoms. The molecular weight excluding hydrogens is 295 g/mol. The van der Waals surface area contributed by atoms with Crippen LogP contribution in [0.15, 0.2) is 30.5 Å². The van der Waals surface area contributed by atoms with Gasteiger partial charge in [-0.05, 0) is 31.9 Å². The molecule has 0 atom stereocenters. The van der Waals surface area contributed by atoms with Gasteiger partial charge in [-0.3, -0.25) is 4.79 Å². The largest absolute Gasteiger partial charge is 0.350 e. The van der Waals surface area contributed by atoms with Crippen LogP contribution in [0.5, 0.6) is 0 Å². The maximum atomic E-state index is 13.9. The number of nitrogens with one attached hydrogen (secondary N) is 1. The second kappa shape index (κ2) is 6.91. The van der Waals surface area contributed by atoms with Gasteiger partial charge in [0.15, 0.2) is 0 Å². The molecule has 0 saturated heterocycles. The number of hydrogen-bond donors (Lipinski definition) is 2. The van der Waals surface area contributed by atoms with E-state index in [1.165, 1.54) is 16.9 Å². The van der Waals surface area contributed by atoms with Crippen LogP contribution in [0.2, 0.25) is 0 Å². The molecule has 2 rings (SSSR count). The smallest absolute Gasteiger partial charge is 0.254 e. The Morgan fingerprint density at radius 2 is 2.00 bits per heavy atom. The van der Waals surface area contributed by atoms with Gasteiger partial charge in [0.1, 0.15) is 11.5 Å². The summed E-state index contributed by atoms with van der Waals surface area (Å²) >= 11 is 0. The van der Waals surface area contributed by atoms with Gasteiger partial charge in [0.05, 0.1) is 17.5 Å². The Morgan fingerprint density at radius 1 is 1.35 bits per heavy atom. The average molecular weight is 318 g/mol. The third-order valence-electron chi connectivity index (χ3n) is 4.34. The van der Waals surface area contributed by atoms with E-state index in [1.807, 2.05) is 13.8 Å². The maximum Gasteiger partial charge on any atom is 0.254 e. The second-order valence-electron chi connectivity index (χ2n) is 5.76. The zero-order valence-corrected chi connectivity index (χ0v) is 13.8. The van der Waals surface area contributed by atoms with Gasteiger partial charge >= 0.3 is 0 Å². The van der Waals surface area contributed by atoms with Crippen molar-refractivity contribution in [2.45, 2.75) is 39.2 Å². The van der Waals surface area contributed by atoms with Gasteiger partial charge in [-0.1, -0.05) is 26.0 Å². The van der Waals surface area contributed by atoms with Crippen LogP contribution >= 0.6 is 0 Å². The third-order valence-corrected chi connectivity index (χ3v) is 4.34. The molecule has 0 aliphatic rings. The molecule has 0 spiro atoms. The summed E-state index contributed by atoms with van der Waals surface area (Å²) in [5.74, 6) is -0.634. The molecule has 0 aliphatic carbocycles. The fraction of sp³-hybridized carbons (Fsp3) is 0.412. The Kier molecular flexibility index (Phi) is 5.15. The van der Waals surface area contributed by atoms with Crippen LogP contribution < -0.4 is 11.1 Å². The van der Waals surface area contributed by atoms with Crippen molar-refractivity contribution in [2.75, 3.05) is 6.54 Å². The summed E-state index contributed by atoms with van der Waals surface area (Å²) in [4.78, 5) is 12.4. The Balaban J connectivity index is 2.19. The Morgan fingerprint density at radius 3 is 2.61 bits per heavy atom. The highest BCUT2D eigenvalue weighted by Gasteiger charge is 2.23. The van der Waals surface area contributed by atoms with Crippen LogP contribution in [0.4, 0.5) is 4.39 Å². The fourth-order valence-electron chi connectivity index (χ4n) is 2.35. The third kappa shape index (κ3) is 3.59. The lowest BCUT2D eigenvalue weighted by atomic mass is 9.94. The molecule has 0 saturated carbocycles. The van der Waals surface area contributed by atoms with Gasteiger partial charge in [0.25, 0.3) is 5.91 Å². The first-order valence-electron chi connectivity index (χ1n) is 7.78. The molecule has 1 heterocycles. The number of hydrogen-bond acceptors (Lipinski definition) is 3. The standard InChI is InChI=1S/C17H23FN4O/c1-4-17(19,5-2)11-20-16(23)13-10-21-22(12(13)3)15-9-7-6-8-14(15)18/h6-10H,4-5,11,19H2,1-3H3,(H,20,23). The topological polar surface area (TPSA) is 72.9 Å². The van der Waals surface area contributed by atoms with Gasteiger partial charge in [-0.2, -0.15) is 5.10 Å². The number of benzene rings is 1. The zero-order chi connectivity index (χ0) is 17.0. The lowest BCUT2D eigenvalue weighted by Gasteiger charge is -2.26. The number of halogens is 1. The first kappa shape index (κ1) is 17.1. The Labute approximate surface area is 135 Å². The van der Waals surface area contributed by atoms with Crippen LogP contribution in [-0.4, -0.2) is 27.8 Å². The Bertz CT molecular complexity index is 692. The predicted octanol–water partition coefficient (Wildman–Crippen LogP) is 2.57. The number of nitrogens with zero attached hydrogens (tertiary/aromatic N) is 2. The minimum absolute atomic E-state index is 0.248. The molecule has 0 radical (unpaired) electrons. The highest BCUT2D eigenvalue weighted by molar-refractivity contribution is 5.95. The summed E-state index contributed by atoms with van der Waals surface area (Å²) in [5.41, 5.74) is 7.10. The highest BCUT2D eigenvalue weighted by atomic mass is 19.1. The van der Waals surface area contributed by atoms with E-state index in [4.69, 9.17) is 5.73 Å². The van der Waals surface area contributed by atoms with Crippen molar-refractivity contribution in [1.29, 1.82) is 0 Å². The van der Waals surface area contributed by atoms with Crippen LogP contribution in [0.25, 0.3) is 5.69 Å². The predicted molar refractivity (Wildman–Crippen MR) is 88.1 cm³/mol. The molecule has 1 amide bonds. The fourth-order valence-corrected chi connectivity index (χ4v) is 2.35. The normalized spacial score (nSPS) is 11.5. The van der Waals surface area contributed by atoms with Crippen LogP contribution in [0.1, 0.15) is 42.7 Å². The molecule has 3 N–H and O–H groups in total. The lowest BCUT2D eigenvalue weighted by Crippen LogP contribution is -2.49. The number of rotatable bonds is 6. The van der Waals surface area contributed by atoms with E-state index >= 15 is 0 Å². The first-order valence-corrected chi connectivity index (χ1v) is 7.78. The van der Waals surface area contributed by atoms with Crippen LogP contribution in [-0.2, 0) is 0 Å². The van der Waals surface area contributed by atoms with Gasteiger partial charge in [-0.25, -0.2) is 9.07 Å². The molecule has 1 aromatic heterocycles. The summed E-state index contributed by atoms with van der Waals surface area (Å²) in [6, 6.07) is 6.32. The molecule has 0 aliphatic heterocycles. The number of carbonyl (C=O) groups excluding carboxylic acids is 1. The molecular formula is C17H23FN4O. The van der Waals surface area contributed by atoms with Crippen molar-refractivity contribution in [1.82, 2.24) is 15.1 Å². The van der Waals surface area contributed by atoms with E-state index in [2.05, 4.69) is 10.4 Å². The van der Waals surface area contributed by atoms with E-state index in [9.17, 15) is 9.18 Å². The first-order chi connectivity index (χ1) is 10.9. The summed E-state index contributed by atoms with van der Waals surface area (Å²) < 4.78 is 15.3. The maximum absolute atomic E-state index is 13.9. The number of aromatic nitrogens is 2. The minimum atomic E-state index is -0.412. The van der Waals surface area contributed by atoms with Gasteiger partial charge in [-0.15, -0.1) is 0 Å². The number of carbonyl (C=O) groups is 1. The molecule has 5 nitrogen and oxygen atoms in total. The van der Waals surface area contributed by atoms with Crippen molar-refractivity contribution in [2.24, 2.45) is 5.73 Å². The van der Waals surface area contributed by atoms with Gasteiger partial charge in [0.2, 0.25) is 0 Å². The van der Waals surface area contributed by atoms with Crippen molar-refractivity contribution >= 4 is 5.91 Å². The average Bonchev–Trinajstić information content (AvgIpc) is 2.94. The second-order valence-corrected chi connectivity index (χ2v) is 5.76. The van der Waals surface area contributed by atoms with Crippen LogP contribution in [0.3, 0.4) is 0 Å². The van der Waals surface area contributed by atoms with Crippen molar-refractivity contribution in [3.8, 4) is 5.69 Å². The van der Waals surface area contributed by atoms with Gasteiger partial charge in [0, 0.05) is 12.1 Å². The molecule has 23 heavy (non-hydrogen) atoms. The summed E-state index contributed by atoms with van der Waals surface area (Å²) in [7, 11) is 0. The van der Waals surface area contributed by atoms with E-state index < -0.39 is 5.54 Å². The zero-order valence-electron chi connectivity index (χ0n) is 13.8. The van der Waals surface area contributed by atoms with E-state index in [1.54, 1.807) is 25.1 Å². The summed E-state index contributed by atoms with van der Waals surface area (Å²) in [6.45, 7) is 6.13. The van der Waals surface area contributed by atoms with Crippen molar-refractivity contribution in [3.63, 3.8) is 0 Å². The molecule has 2 aromatic rings. The van der Waals surface area contributed by atoms with E-state index in [-0.39, 0.29) is 11.7 Å². The van der Waals surface area contributed by atoms with Gasteiger partial charge < -0.3 is 11.1 Å². The Hall–Kier alpha value is -2.21. The summed E-state index contributed by atoms with van der Waals surface area (Å²) in [5, 5.41) is 6.99. The quantitative estimate of drug-likeness (QED) is 0.860. The number of para-hydroxylation sites is 1. The van der Waals surface area contributed by atoms with Crippen molar-refractivity contribution < 1.29 is 9.18 Å². The number of amides is 1. The number of nitrogens with two attached hydrogens (primary N) is 1. The minimum Gasteiger partial charge on any atom is -0.350 e. The van der Waals surface area contributed by atoms with Crippen LogP contribution in [0, 0.1) is 12.7 Å². The highest BCUT2D eigenvalue weighted by Crippen LogP contribution is 2.17. The monoisotopic (exact) mass is 318 g/mol. The SMILES string of the molecule is CCC(N)(CC)CNC(=O)c1cnn(-c2ccccc2F)c1C. The molecule has 124 valence electrons. The van der Waals surface area contributed by atoms with E-state index in [0.717, 1.165) is 12.8 Å². The summed E-state index contributed by atoms with van der Waals surface area (Å²) in [6.07, 6.45) is 3.00. The molecule has 6 heteroatoms. The van der Waals surface area contributed by atoms with Crippen molar-refractivity contribution in [3.05, 3.63) is 47.5 Å². The molecule has 0 unspecified atom stereocenters. The molecule has 0 fully saturated rings. The lowest BCUT2D eigenvalue weighted by molar-refractivity contribution is 0.0941. The van der Waals surface area contributed by atoms with E-state index in [0.29, 0.717) is 23.5 Å².